The van der Waals surface area contributed by atoms with E-state index in [0.29, 0.717) is 11.4 Å². The third-order valence-corrected chi connectivity index (χ3v) is 3.45. The minimum absolute atomic E-state index is 0. The molecule has 0 spiro atoms. The van der Waals surface area contributed by atoms with Crippen LogP contribution in [0.25, 0.3) is 11.5 Å². The predicted octanol–water partition coefficient (Wildman–Crippen LogP) is 2.40. The van der Waals surface area contributed by atoms with Crippen LogP contribution < -0.4 is 5.73 Å². The number of para-hydroxylation sites is 1. The number of nitro groups is 1. The molecule has 1 saturated carbocycles. The zero-order chi connectivity index (χ0) is 13.5. The lowest BCUT2D eigenvalue weighted by molar-refractivity contribution is -0.384. The van der Waals surface area contributed by atoms with E-state index in [1.54, 1.807) is 18.2 Å². The van der Waals surface area contributed by atoms with Crippen molar-refractivity contribution < 1.29 is 9.45 Å². The van der Waals surface area contributed by atoms with E-state index in [-0.39, 0.29) is 24.0 Å². The molecule has 8 heteroatoms. The Morgan fingerprint density at radius 3 is 2.65 bits per heavy atom. The zero-order valence-corrected chi connectivity index (χ0v) is 11.3. The Kier molecular flexibility index (Phi) is 3.74. The number of aromatic nitrogens is 2. The van der Waals surface area contributed by atoms with E-state index in [1.165, 1.54) is 6.07 Å². The van der Waals surface area contributed by atoms with Gasteiger partial charge in [-0.1, -0.05) is 17.3 Å². The largest absolute Gasteiger partial charge is 0.334 e. The summed E-state index contributed by atoms with van der Waals surface area (Å²) in [6, 6.07) is 6.27. The number of nitrogens with two attached hydrogens (primary N) is 1. The lowest BCUT2D eigenvalue weighted by Crippen LogP contribution is -2.44. The van der Waals surface area contributed by atoms with Gasteiger partial charge in [-0.25, -0.2) is 0 Å². The summed E-state index contributed by atoms with van der Waals surface area (Å²) in [5, 5.41) is 14.8. The van der Waals surface area contributed by atoms with Crippen LogP contribution in [0.4, 0.5) is 5.69 Å². The summed E-state index contributed by atoms with van der Waals surface area (Å²) in [6.07, 6.45) is 2.65. The van der Waals surface area contributed by atoms with Crippen LogP contribution in [-0.4, -0.2) is 15.1 Å². The zero-order valence-electron chi connectivity index (χ0n) is 10.5. The quantitative estimate of drug-likeness (QED) is 0.688. The third kappa shape index (κ3) is 2.25. The summed E-state index contributed by atoms with van der Waals surface area (Å²) < 4.78 is 5.12. The molecule has 0 unspecified atom stereocenters. The molecule has 1 aromatic heterocycles. The van der Waals surface area contributed by atoms with Gasteiger partial charge >= 0.3 is 0 Å². The molecule has 0 radical (unpaired) electrons. The van der Waals surface area contributed by atoms with Crippen molar-refractivity contribution >= 4 is 18.1 Å². The maximum atomic E-state index is 11.0. The Bertz CT molecular complexity index is 639. The number of nitrogens with zero attached hydrogens (tertiary/aromatic N) is 3. The van der Waals surface area contributed by atoms with Crippen LogP contribution in [0.2, 0.25) is 0 Å². The van der Waals surface area contributed by atoms with Gasteiger partial charge in [0, 0.05) is 6.07 Å². The summed E-state index contributed by atoms with van der Waals surface area (Å²) in [7, 11) is 0. The van der Waals surface area contributed by atoms with E-state index in [4.69, 9.17) is 10.3 Å². The fourth-order valence-electron chi connectivity index (χ4n) is 2.13. The van der Waals surface area contributed by atoms with Gasteiger partial charge < -0.3 is 10.3 Å². The van der Waals surface area contributed by atoms with Crippen molar-refractivity contribution in [2.45, 2.75) is 24.8 Å². The number of hydrogen-bond acceptors (Lipinski definition) is 6. The molecule has 0 saturated heterocycles. The smallest absolute Gasteiger partial charge is 0.282 e. The number of nitro benzene ring substituents is 1. The maximum Gasteiger partial charge on any atom is 0.282 e. The summed E-state index contributed by atoms with van der Waals surface area (Å²) in [5.41, 5.74) is 5.81. The first kappa shape index (κ1) is 14.4. The van der Waals surface area contributed by atoms with Crippen molar-refractivity contribution in [1.29, 1.82) is 0 Å². The third-order valence-electron chi connectivity index (χ3n) is 3.45. The molecule has 0 bridgehead atoms. The highest BCUT2D eigenvalue weighted by atomic mass is 35.5. The first-order valence-electron chi connectivity index (χ1n) is 5.97. The molecule has 1 aromatic carbocycles. The van der Waals surface area contributed by atoms with E-state index in [1.807, 2.05) is 0 Å². The van der Waals surface area contributed by atoms with Crippen molar-refractivity contribution in [3.8, 4) is 11.5 Å². The van der Waals surface area contributed by atoms with E-state index < -0.39 is 10.5 Å². The lowest BCUT2D eigenvalue weighted by Gasteiger charge is -2.34. The molecule has 0 amide bonds. The molecule has 7 nitrogen and oxygen atoms in total. The Hall–Kier alpha value is -1.99. The second kappa shape index (κ2) is 5.18. The maximum absolute atomic E-state index is 11.0. The molecule has 20 heavy (non-hydrogen) atoms. The van der Waals surface area contributed by atoms with Crippen LogP contribution in [0.15, 0.2) is 28.8 Å². The normalized spacial score (nSPS) is 16.1. The van der Waals surface area contributed by atoms with E-state index in [2.05, 4.69) is 10.1 Å². The molecule has 0 aliphatic heterocycles. The summed E-state index contributed by atoms with van der Waals surface area (Å²) >= 11 is 0. The first-order valence-corrected chi connectivity index (χ1v) is 5.97. The summed E-state index contributed by atoms with van der Waals surface area (Å²) in [5.74, 6) is 0.561. The highest BCUT2D eigenvalue weighted by molar-refractivity contribution is 5.85. The predicted molar refractivity (Wildman–Crippen MR) is 73.4 cm³/mol. The number of rotatable bonds is 3. The van der Waals surface area contributed by atoms with Crippen molar-refractivity contribution in [3.63, 3.8) is 0 Å². The van der Waals surface area contributed by atoms with Crippen LogP contribution in [0.5, 0.6) is 0 Å². The van der Waals surface area contributed by atoms with Gasteiger partial charge in [-0.05, 0) is 25.3 Å². The first-order chi connectivity index (χ1) is 9.10. The minimum atomic E-state index is -0.536. The average Bonchev–Trinajstić information content (AvgIpc) is 2.85. The molecule has 3 rings (SSSR count). The second-order valence-corrected chi connectivity index (χ2v) is 4.71. The molecular weight excluding hydrogens is 284 g/mol. The molecule has 1 heterocycles. The van der Waals surface area contributed by atoms with E-state index in [0.717, 1.165) is 19.3 Å². The molecule has 1 aliphatic rings. The van der Waals surface area contributed by atoms with Gasteiger partial charge in [0.1, 0.15) is 5.56 Å². The van der Waals surface area contributed by atoms with Gasteiger partial charge in [0.2, 0.25) is 0 Å². The van der Waals surface area contributed by atoms with Crippen molar-refractivity contribution in [2.75, 3.05) is 0 Å². The van der Waals surface area contributed by atoms with E-state index >= 15 is 0 Å². The Labute approximate surface area is 120 Å². The number of hydrogen-bond donors (Lipinski definition) is 1. The number of halogens is 1. The van der Waals surface area contributed by atoms with Gasteiger partial charge in [-0.2, -0.15) is 4.98 Å². The van der Waals surface area contributed by atoms with Gasteiger partial charge in [0.15, 0.2) is 5.82 Å². The second-order valence-electron chi connectivity index (χ2n) is 4.71. The number of benzene rings is 1. The Balaban J connectivity index is 0.00000147. The van der Waals surface area contributed by atoms with Crippen LogP contribution in [0.3, 0.4) is 0 Å². The summed E-state index contributed by atoms with van der Waals surface area (Å²) in [6.45, 7) is 0. The topological polar surface area (TPSA) is 108 Å². The van der Waals surface area contributed by atoms with Gasteiger partial charge in [0.25, 0.3) is 11.6 Å². The van der Waals surface area contributed by atoms with Crippen LogP contribution in [-0.2, 0) is 5.54 Å². The Morgan fingerprint density at radius 2 is 2.05 bits per heavy atom. The fraction of sp³-hybridized carbons (Fsp3) is 0.333. The van der Waals surface area contributed by atoms with Crippen molar-refractivity contribution in [1.82, 2.24) is 10.1 Å². The molecule has 1 fully saturated rings. The van der Waals surface area contributed by atoms with Crippen LogP contribution in [0.1, 0.15) is 25.1 Å². The van der Waals surface area contributed by atoms with Crippen molar-refractivity contribution in [2.24, 2.45) is 5.73 Å². The molecular formula is C12H13ClN4O3. The lowest BCUT2D eigenvalue weighted by atomic mass is 9.77. The Morgan fingerprint density at radius 1 is 1.35 bits per heavy atom. The monoisotopic (exact) mass is 296 g/mol. The molecule has 106 valence electrons. The molecule has 2 N–H and O–H groups in total. The van der Waals surface area contributed by atoms with Gasteiger partial charge in [-0.15, -0.1) is 12.4 Å². The molecule has 2 aromatic rings. The van der Waals surface area contributed by atoms with Crippen LogP contribution >= 0.6 is 12.4 Å². The summed E-state index contributed by atoms with van der Waals surface area (Å²) in [4.78, 5) is 14.7. The fourth-order valence-corrected chi connectivity index (χ4v) is 2.13. The molecule has 1 aliphatic carbocycles. The van der Waals surface area contributed by atoms with E-state index in [9.17, 15) is 10.1 Å². The standard InChI is InChI=1S/C12H12N4O3.ClH/c13-12(6-3-7-12)11-14-10(19-15-11)8-4-1-2-5-9(8)16(17)18;/h1-2,4-5H,3,6-7,13H2;1H. The van der Waals surface area contributed by atoms with Gasteiger partial charge in [-0.3, -0.25) is 10.1 Å². The molecule has 0 atom stereocenters. The highest BCUT2D eigenvalue weighted by Gasteiger charge is 2.39. The average molecular weight is 297 g/mol. The van der Waals surface area contributed by atoms with Crippen LogP contribution in [0, 0.1) is 10.1 Å². The van der Waals surface area contributed by atoms with Crippen molar-refractivity contribution in [3.05, 3.63) is 40.2 Å². The minimum Gasteiger partial charge on any atom is -0.334 e. The van der Waals surface area contributed by atoms with Gasteiger partial charge in [0.05, 0.1) is 10.5 Å². The SMILES string of the molecule is Cl.NC1(c2noc(-c3ccccc3[N+](=O)[O-])n2)CCC1. The highest BCUT2D eigenvalue weighted by Crippen LogP contribution is 2.38.